The minimum absolute atomic E-state index is 0.0771. The Labute approximate surface area is 876 Å². The fraction of sp³-hybridized carbons (Fsp3) is 0.306. The number of halogens is 9. The summed E-state index contributed by atoms with van der Waals surface area (Å²) < 4.78 is 138. The molecule has 0 bridgehead atoms. The second-order valence-electron chi connectivity index (χ2n) is 34.8. The molecule has 0 radical (unpaired) electrons. The summed E-state index contributed by atoms with van der Waals surface area (Å²) in [6.07, 6.45) is -8.63. The summed E-state index contributed by atoms with van der Waals surface area (Å²) in [6.45, 7) is 8.61. The second kappa shape index (κ2) is 50.8. The average Bonchev–Trinajstić information content (AvgIpc) is 1.62. The van der Waals surface area contributed by atoms with Crippen LogP contribution >= 0.6 is 83.5 Å². The first-order valence-corrected chi connectivity index (χ1v) is 58.2. The zero-order valence-electron chi connectivity index (χ0n) is 79.9. The number of ether oxygens (including phenoxy) is 4. The van der Waals surface area contributed by atoms with Gasteiger partial charge in [-0.25, -0.2) is 67.4 Å². The number of fused-ring (bicyclic) bond motifs is 4. The minimum Gasteiger partial charge on any atom is -0.423 e. The number of alkyl halides is 4. The third kappa shape index (κ3) is 29.0. The van der Waals surface area contributed by atoms with Crippen LogP contribution < -0.4 is 26.7 Å². The van der Waals surface area contributed by atoms with Crippen LogP contribution in [0.25, 0.3) is 78.8 Å². The van der Waals surface area contributed by atoms with E-state index in [4.69, 9.17) is 110 Å². The Balaban J connectivity index is 0.000000141. The van der Waals surface area contributed by atoms with Crippen molar-refractivity contribution in [1.29, 1.82) is 0 Å². The van der Waals surface area contributed by atoms with Crippen LogP contribution in [-0.4, -0.2) is 212 Å². The maximum absolute atomic E-state index is 15.3. The summed E-state index contributed by atoms with van der Waals surface area (Å²) >= 11 is 26.1. The van der Waals surface area contributed by atoms with Crippen LogP contribution in [0.3, 0.4) is 0 Å². The molecule has 12 N–H and O–H groups in total. The van der Waals surface area contributed by atoms with Crippen molar-refractivity contribution >= 4 is 164 Å². The van der Waals surface area contributed by atoms with E-state index in [1.54, 1.807) is 46.1 Å². The van der Waals surface area contributed by atoms with Crippen LogP contribution in [-0.2, 0) is 67.9 Å². The Morgan fingerprint density at radius 3 is 0.926 bits per heavy atom. The molecule has 784 valence electrons. The van der Waals surface area contributed by atoms with Crippen LogP contribution in [0.2, 0.25) is 5.28 Å². The first kappa shape index (κ1) is 112. The first-order chi connectivity index (χ1) is 71.4. The molecular weight excluding hydrogens is 2120 g/mol. The average molecular weight is 2220 g/mol. The van der Waals surface area contributed by atoms with Crippen molar-refractivity contribution in [3.63, 3.8) is 0 Å². The van der Waals surface area contributed by atoms with E-state index < -0.39 is 133 Å². The van der Waals surface area contributed by atoms with Gasteiger partial charge in [0, 0.05) is 54.7 Å². The van der Waals surface area contributed by atoms with Gasteiger partial charge in [0.05, 0.1) is 50.7 Å². The standard InChI is InChI=1S/C25H26FN5O.C24H26FN5O8P2.C23H22FN5O3.C19H21ClFN5O.C6H7BO2.CH2Cl4O2P2/c1-3-19-16(2)20(26)25(32-19)31-15-28-21-23(27-14-17-10-6-4-7-11-17)29-22(30-24(21)31)18-12-8-5-9-13-18;25-18-20(31)17(12-37-40(35,36)14-39(32,33)34)38-24(18)30-13-27-19-22(26-11-15-7-3-1-4-8-15)28-21(29-23(19)30)16-9-5-2-6-10-16;24-17-19(31)16(12-30)32-23(17)29-13-26-18-21(25-11-14-7-3-1-4-8-14)27-20(28-22(18)29)15-9-5-2-6-10-15;1-3-13-11(2)14(21)18(27-13)26-10-23-15-16(24-19(20)25-17(15)26)22-9-12-7-5-4-6-8-12;8-7(9)6-4-2-1-3-5-6;2-8(3,6)1-9(4,5)7/h4-13,15-16,19-20,25H,3,14H2,1-2H3,(H,27,29,30);1-10,13,17-18,20,24,31H,11-12,14H2,(H,35,36)(H,26,28,29)(H2,32,33,34);1-10,13,16-17,19,23,30-31H,11-12H2,(H,25,27,28);4-8,10-11,13-14,18H,3,9H2,1-2H3,(H,22,24,25);1-5,8-9H;1H2/t16-,19-,20+,25-;17-,18+,20-,24-;16-,17+,19-,23-;11-,13-,14+,18-;;/m1111../s1. The molecule has 8 aromatic carbocycles. The van der Waals surface area contributed by atoms with E-state index in [0.29, 0.717) is 117 Å². The summed E-state index contributed by atoms with van der Waals surface area (Å²) in [5.74, 6) is -5.71. The number of nitrogens with zero attached hydrogens (tertiary/aromatic N) is 16. The molecule has 4 saturated heterocycles. The number of imidazole rings is 4. The van der Waals surface area contributed by atoms with Crippen LogP contribution in [0, 0.1) is 11.8 Å². The largest absolute Gasteiger partial charge is 0.488 e. The summed E-state index contributed by atoms with van der Waals surface area (Å²) in [5.41, 5.74) is 10.7. The monoisotopic (exact) mass is 2220 g/mol. The highest BCUT2D eigenvalue weighted by Crippen LogP contribution is 2.72. The van der Waals surface area contributed by atoms with Crippen LogP contribution in [0.4, 0.5) is 40.8 Å². The highest BCUT2D eigenvalue weighted by Gasteiger charge is 2.50. The van der Waals surface area contributed by atoms with E-state index in [2.05, 4.69) is 83.2 Å². The topological polar surface area (TPSA) is 499 Å². The number of aliphatic hydroxyl groups excluding tert-OH is 3. The summed E-state index contributed by atoms with van der Waals surface area (Å²) in [4.78, 5) is 82.0. The number of benzene rings is 8. The summed E-state index contributed by atoms with van der Waals surface area (Å²) in [6, 6.07) is 76.5. The number of hydrogen-bond donors (Lipinski definition) is 12. The molecule has 20 rings (SSSR count). The maximum Gasteiger partial charge on any atom is 0.488 e. The maximum atomic E-state index is 15.3. The summed E-state index contributed by atoms with van der Waals surface area (Å²) in [5, 5.41) is 60.3. The van der Waals surface area contributed by atoms with Crippen molar-refractivity contribution in [3.8, 4) is 34.2 Å². The Morgan fingerprint density at radius 1 is 0.383 bits per heavy atom. The van der Waals surface area contributed by atoms with E-state index in [-0.39, 0.29) is 35.0 Å². The lowest BCUT2D eigenvalue weighted by Crippen LogP contribution is -2.31. The van der Waals surface area contributed by atoms with Gasteiger partial charge in [-0.1, -0.05) is 270 Å². The molecule has 0 amide bonds. The Morgan fingerprint density at radius 2 is 0.658 bits per heavy atom. The SMILES string of the molecule is CC[C@H]1O[C@@H](n2cnc3c(NCc4ccccc4)nc(-c4ccccc4)nc32)[C@@H](F)[C@@H]1C.CC[C@H]1O[C@@H](n2cnc3c(NCc4ccccc4)nc(Cl)nc32)[C@@H](F)[C@@H]1C.O=P(Cl)(Cl)CP(=O)(Cl)Cl.O=P(O)(O)CP(=O)(O)OC[C@H]1O[C@@H](n2cnc3c(NCc4ccccc4)nc(-c4ccccc4)nc32)[C@@H](F)[C@@H]1O.OB(O)c1ccccc1.OC[C@H]1O[C@@H](n2cnc3c(NCc4ccccc4)nc(-c4ccccc4)nc32)[C@@H](F)[C@@H]1O. The van der Waals surface area contributed by atoms with Crippen molar-refractivity contribution < 1.29 is 99.3 Å². The lowest BCUT2D eigenvalue weighted by Gasteiger charge is -2.18. The number of aliphatic hydroxyl groups is 3. The Bertz CT molecular complexity index is 7110. The van der Waals surface area contributed by atoms with Crippen molar-refractivity contribution in [2.45, 2.75) is 153 Å². The van der Waals surface area contributed by atoms with Crippen LogP contribution in [0.15, 0.2) is 268 Å². The van der Waals surface area contributed by atoms with Gasteiger partial charge in [-0.3, -0.25) is 36.5 Å². The number of anilines is 4. The van der Waals surface area contributed by atoms with E-state index in [1.165, 1.54) is 21.8 Å². The zero-order chi connectivity index (χ0) is 106. The number of hydrogen-bond acceptors (Lipinski definition) is 30. The van der Waals surface area contributed by atoms with Gasteiger partial charge in [0.15, 0.2) is 141 Å². The zero-order valence-corrected chi connectivity index (χ0v) is 87.2. The fourth-order valence-electron chi connectivity index (χ4n) is 16.6. The van der Waals surface area contributed by atoms with Gasteiger partial charge in [0.1, 0.15) is 30.3 Å². The van der Waals surface area contributed by atoms with Gasteiger partial charge in [-0.2, -0.15) is 9.97 Å². The van der Waals surface area contributed by atoms with Gasteiger partial charge in [-0.15, -0.1) is 0 Å². The Hall–Kier alpha value is -11.2. The molecule has 8 aromatic heterocycles. The predicted octanol–water partition coefficient (Wildman–Crippen LogP) is 19.1. The minimum atomic E-state index is -4.86. The number of nitrogens with one attached hydrogen (secondary N) is 4. The van der Waals surface area contributed by atoms with Crippen molar-refractivity contribution in [2.75, 3.05) is 46.3 Å². The van der Waals surface area contributed by atoms with Crippen LogP contribution in [0.5, 0.6) is 0 Å². The molecule has 4 aliphatic rings. The van der Waals surface area contributed by atoms with E-state index in [9.17, 15) is 47.3 Å². The molecule has 4 aliphatic heterocycles. The van der Waals surface area contributed by atoms with Gasteiger partial charge in [0.25, 0.3) is 11.7 Å². The molecule has 149 heavy (non-hydrogen) atoms. The van der Waals surface area contributed by atoms with Gasteiger partial charge < -0.3 is 84.8 Å². The van der Waals surface area contributed by atoms with Crippen molar-refractivity contribution in [2.24, 2.45) is 11.8 Å². The quantitative estimate of drug-likeness (QED) is 0.00861. The molecular formula is C98H104BCl5F4N20O17P4. The predicted molar refractivity (Wildman–Crippen MR) is 563 cm³/mol. The van der Waals surface area contributed by atoms with E-state index in [1.807, 2.05) is 234 Å². The number of aromatic nitrogens is 16. The third-order valence-corrected chi connectivity index (χ3v) is 34.3. The lowest BCUT2D eigenvalue weighted by molar-refractivity contribution is -0.0459. The van der Waals surface area contributed by atoms with E-state index >= 15 is 8.78 Å². The second-order valence-corrected chi connectivity index (χ2v) is 50.2. The highest BCUT2D eigenvalue weighted by atomic mass is 35.9. The van der Waals surface area contributed by atoms with Crippen LogP contribution in [0.1, 0.15) is 87.7 Å². The van der Waals surface area contributed by atoms with Gasteiger partial charge in [-0.05, 0) is 97.1 Å². The van der Waals surface area contributed by atoms with Crippen molar-refractivity contribution in [3.05, 3.63) is 296 Å². The molecule has 17 atom stereocenters. The fourth-order valence-corrected chi connectivity index (χ4v) is 28.3. The molecule has 0 aliphatic carbocycles. The normalized spacial score (nSPS) is 21.9. The molecule has 12 heterocycles. The van der Waals surface area contributed by atoms with E-state index in [0.717, 1.165) is 46.2 Å². The Kier molecular flexibility index (Phi) is 38.2. The summed E-state index contributed by atoms with van der Waals surface area (Å²) in [7, 11) is -10.9. The molecule has 37 nitrogen and oxygen atoms in total. The molecule has 51 heteroatoms. The van der Waals surface area contributed by atoms with Gasteiger partial charge >= 0.3 is 22.3 Å². The van der Waals surface area contributed by atoms with Crippen molar-refractivity contribution in [1.82, 2.24) is 78.1 Å². The third-order valence-electron chi connectivity index (χ3n) is 24.2. The highest BCUT2D eigenvalue weighted by molar-refractivity contribution is 8.21. The number of rotatable bonds is 30. The van der Waals surface area contributed by atoms with Gasteiger partial charge in [0.2, 0.25) is 5.28 Å². The smallest absolute Gasteiger partial charge is 0.423 e. The molecule has 1 unspecified atom stereocenters. The lowest BCUT2D eigenvalue weighted by atomic mass is 9.81. The molecule has 0 saturated carbocycles. The molecule has 0 spiro atoms. The first-order valence-electron chi connectivity index (χ1n) is 46.9. The molecule has 16 aromatic rings. The molecule has 4 fully saturated rings.